The molecule has 1 aliphatic heterocycles. The van der Waals surface area contributed by atoms with Crippen molar-refractivity contribution in [2.24, 2.45) is 0 Å². The molecular weight excluding hydrogens is 498 g/mol. The molecule has 180 valence electrons. The van der Waals surface area contributed by atoms with Crippen molar-refractivity contribution in [1.82, 2.24) is 15.1 Å². The topological polar surface area (TPSA) is 86.8 Å². The summed E-state index contributed by atoms with van der Waals surface area (Å²) in [6.45, 7) is 7.79. The lowest BCUT2D eigenvalue weighted by Gasteiger charge is -2.31. The van der Waals surface area contributed by atoms with Crippen molar-refractivity contribution in [3.63, 3.8) is 0 Å². The minimum atomic E-state index is -0.690. The molecule has 0 spiro atoms. The van der Waals surface area contributed by atoms with Crippen LogP contribution in [0.15, 0.2) is 53.0 Å². The van der Waals surface area contributed by atoms with Gasteiger partial charge < -0.3 is 10.2 Å². The Balaban J connectivity index is 1.69. The SMILES string of the molecule is C[C@H](C(=O)NC(C)(C)C)N(Cc1cccc(Br)c1)C(=O)CCCN1C(=O)c2ccccc2C1=O. The molecule has 0 aromatic heterocycles. The van der Waals surface area contributed by atoms with Crippen LogP contribution in [0.25, 0.3) is 0 Å². The highest BCUT2D eigenvalue weighted by Crippen LogP contribution is 2.23. The quantitative estimate of drug-likeness (QED) is 0.522. The molecule has 8 heteroatoms. The standard InChI is InChI=1S/C26H30BrN3O4/c1-17(23(32)28-26(2,3)4)30(16-18-9-7-10-19(27)15-18)22(31)13-8-14-29-24(33)20-11-5-6-12-21(20)25(29)34/h5-7,9-12,15,17H,8,13-14,16H2,1-4H3,(H,28,32)/t17-/m1/s1. The summed E-state index contributed by atoms with van der Waals surface area (Å²) in [6.07, 6.45) is 0.418. The van der Waals surface area contributed by atoms with Crippen LogP contribution in [0.2, 0.25) is 0 Å². The summed E-state index contributed by atoms with van der Waals surface area (Å²) in [6, 6.07) is 13.6. The highest BCUT2D eigenvalue weighted by atomic mass is 79.9. The Morgan fingerprint density at radius 3 is 2.21 bits per heavy atom. The summed E-state index contributed by atoms with van der Waals surface area (Å²) in [5.41, 5.74) is 1.24. The summed E-state index contributed by atoms with van der Waals surface area (Å²) in [4.78, 5) is 54.0. The maximum absolute atomic E-state index is 13.2. The Kier molecular flexibility index (Phi) is 7.92. The molecule has 3 rings (SSSR count). The fourth-order valence-electron chi connectivity index (χ4n) is 3.86. The van der Waals surface area contributed by atoms with Crippen molar-refractivity contribution < 1.29 is 19.2 Å². The second-order valence-electron chi connectivity index (χ2n) is 9.48. The zero-order valence-electron chi connectivity index (χ0n) is 19.9. The Bertz CT molecular complexity index is 1070. The van der Waals surface area contributed by atoms with Crippen LogP contribution < -0.4 is 5.32 Å². The normalized spacial score (nSPS) is 14.1. The molecule has 1 N–H and O–H groups in total. The van der Waals surface area contributed by atoms with Crippen LogP contribution in [0.5, 0.6) is 0 Å². The van der Waals surface area contributed by atoms with Crippen LogP contribution >= 0.6 is 15.9 Å². The number of fused-ring (bicyclic) bond motifs is 1. The highest BCUT2D eigenvalue weighted by Gasteiger charge is 2.35. The first-order valence-corrected chi connectivity index (χ1v) is 12.1. The Morgan fingerprint density at radius 2 is 1.65 bits per heavy atom. The van der Waals surface area contributed by atoms with E-state index in [9.17, 15) is 19.2 Å². The van der Waals surface area contributed by atoms with Gasteiger partial charge in [0.15, 0.2) is 0 Å². The van der Waals surface area contributed by atoms with Gasteiger partial charge in [-0.05, 0) is 63.9 Å². The van der Waals surface area contributed by atoms with E-state index in [2.05, 4.69) is 21.2 Å². The van der Waals surface area contributed by atoms with E-state index in [1.165, 1.54) is 4.90 Å². The zero-order chi connectivity index (χ0) is 25.0. The van der Waals surface area contributed by atoms with E-state index in [4.69, 9.17) is 0 Å². The van der Waals surface area contributed by atoms with E-state index < -0.39 is 11.6 Å². The molecule has 0 radical (unpaired) electrons. The lowest BCUT2D eigenvalue weighted by atomic mass is 10.1. The van der Waals surface area contributed by atoms with E-state index in [1.54, 1.807) is 36.1 Å². The van der Waals surface area contributed by atoms with Gasteiger partial charge in [-0.3, -0.25) is 24.1 Å². The third kappa shape index (κ3) is 6.11. The smallest absolute Gasteiger partial charge is 0.261 e. The number of carbonyl (C=O) groups excluding carboxylic acids is 4. The number of nitrogens with zero attached hydrogens (tertiary/aromatic N) is 2. The summed E-state index contributed by atoms with van der Waals surface area (Å²) in [7, 11) is 0. The van der Waals surface area contributed by atoms with Crippen molar-refractivity contribution >= 4 is 39.6 Å². The molecule has 1 aliphatic rings. The maximum Gasteiger partial charge on any atom is 0.261 e. The van der Waals surface area contributed by atoms with Crippen LogP contribution in [-0.4, -0.2) is 51.6 Å². The van der Waals surface area contributed by atoms with Gasteiger partial charge in [-0.1, -0.05) is 40.2 Å². The molecule has 1 atom stereocenters. The van der Waals surface area contributed by atoms with Gasteiger partial charge in [-0.15, -0.1) is 0 Å². The molecule has 0 aliphatic carbocycles. The van der Waals surface area contributed by atoms with Crippen LogP contribution in [0, 0.1) is 0 Å². The first-order chi connectivity index (χ1) is 16.0. The number of hydrogen-bond donors (Lipinski definition) is 1. The predicted octanol–water partition coefficient (Wildman–Crippen LogP) is 4.16. The summed E-state index contributed by atoms with van der Waals surface area (Å²) in [5, 5.41) is 2.93. The van der Waals surface area contributed by atoms with Crippen LogP contribution in [0.1, 0.15) is 66.8 Å². The molecule has 0 saturated heterocycles. The van der Waals surface area contributed by atoms with Crippen molar-refractivity contribution in [1.29, 1.82) is 0 Å². The minimum absolute atomic E-state index is 0.106. The molecular formula is C26H30BrN3O4. The highest BCUT2D eigenvalue weighted by molar-refractivity contribution is 9.10. The van der Waals surface area contributed by atoms with E-state index >= 15 is 0 Å². The number of benzene rings is 2. The molecule has 0 bridgehead atoms. The average molecular weight is 528 g/mol. The number of halogens is 1. The van der Waals surface area contributed by atoms with E-state index in [0.717, 1.165) is 10.0 Å². The Morgan fingerprint density at radius 1 is 1.03 bits per heavy atom. The van der Waals surface area contributed by atoms with E-state index in [1.807, 2.05) is 45.0 Å². The minimum Gasteiger partial charge on any atom is -0.350 e. The summed E-state index contributed by atoms with van der Waals surface area (Å²) in [5.74, 6) is -1.13. The Labute approximate surface area is 208 Å². The molecule has 0 fully saturated rings. The molecule has 0 saturated carbocycles. The third-order valence-electron chi connectivity index (χ3n) is 5.56. The molecule has 0 unspecified atom stereocenters. The molecule has 2 aromatic carbocycles. The fraction of sp³-hybridized carbons (Fsp3) is 0.385. The van der Waals surface area contributed by atoms with Gasteiger partial charge in [0, 0.05) is 29.5 Å². The zero-order valence-corrected chi connectivity index (χ0v) is 21.5. The monoisotopic (exact) mass is 527 g/mol. The van der Waals surface area contributed by atoms with Crippen LogP contribution in [-0.2, 0) is 16.1 Å². The van der Waals surface area contributed by atoms with Gasteiger partial charge in [0.1, 0.15) is 6.04 Å². The lowest BCUT2D eigenvalue weighted by Crippen LogP contribution is -2.52. The third-order valence-corrected chi connectivity index (χ3v) is 6.05. The Hall–Kier alpha value is -3.00. The summed E-state index contributed by atoms with van der Waals surface area (Å²) < 4.78 is 0.884. The lowest BCUT2D eigenvalue weighted by molar-refractivity contribution is -0.141. The van der Waals surface area contributed by atoms with Crippen LogP contribution in [0.3, 0.4) is 0 Å². The van der Waals surface area contributed by atoms with Gasteiger partial charge in [0.2, 0.25) is 11.8 Å². The number of imide groups is 1. The van der Waals surface area contributed by atoms with Gasteiger partial charge in [0.05, 0.1) is 11.1 Å². The van der Waals surface area contributed by atoms with E-state index in [-0.39, 0.29) is 43.1 Å². The second-order valence-corrected chi connectivity index (χ2v) is 10.4. The molecule has 2 aromatic rings. The van der Waals surface area contributed by atoms with Crippen molar-refractivity contribution in [2.45, 2.75) is 58.7 Å². The van der Waals surface area contributed by atoms with Gasteiger partial charge in [0.25, 0.3) is 11.8 Å². The van der Waals surface area contributed by atoms with Gasteiger partial charge in [-0.2, -0.15) is 0 Å². The predicted molar refractivity (Wildman–Crippen MR) is 133 cm³/mol. The van der Waals surface area contributed by atoms with Crippen molar-refractivity contribution in [3.05, 3.63) is 69.7 Å². The molecule has 1 heterocycles. The number of hydrogen-bond acceptors (Lipinski definition) is 4. The van der Waals surface area contributed by atoms with Gasteiger partial charge >= 0.3 is 0 Å². The number of amides is 4. The number of carbonyl (C=O) groups is 4. The maximum atomic E-state index is 13.2. The first-order valence-electron chi connectivity index (χ1n) is 11.3. The molecule has 7 nitrogen and oxygen atoms in total. The fourth-order valence-corrected chi connectivity index (χ4v) is 4.31. The largest absolute Gasteiger partial charge is 0.350 e. The second kappa shape index (κ2) is 10.5. The van der Waals surface area contributed by atoms with E-state index in [0.29, 0.717) is 17.5 Å². The average Bonchev–Trinajstić information content (AvgIpc) is 3.01. The van der Waals surface area contributed by atoms with Crippen LogP contribution in [0.4, 0.5) is 0 Å². The van der Waals surface area contributed by atoms with Crippen molar-refractivity contribution in [2.75, 3.05) is 6.54 Å². The summed E-state index contributed by atoms with van der Waals surface area (Å²) >= 11 is 3.45. The van der Waals surface area contributed by atoms with Gasteiger partial charge in [-0.25, -0.2) is 0 Å². The van der Waals surface area contributed by atoms with Crippen molar-refractivity contribution in [3.8, 4) is 0 Å². The number of rotatable bonds is 8. The first kappa shape index (κ1) is 25.6. The molecule has 4 amide bonds. The number of nitrogens with one attached hydrogen (secondary N) is 1. The molecule has 34 heavy (non-hydrogen) atoms.